The molecule has 0 bridgehead atoms. The number of nitrogens with one attached hydrogen (secondary N) is 2. The van der Waals surface area contributed by atoms with E-state index < -0.39 is 6.29 Å². The number of nitrogens with zero attached hydrogens (tertiary/aromatic N) is 2. The molecule has 2 aliphatic heterocycles. The molecule has 0 fully saturated rings. The van der Waals surface area contributed by atoms with Gasteiger partial charge in [-0.1, -0.05) is 12.1 Å². The second-order valence-electron chi connectivity index (χ2n) is 4.66. The number of anilines is 1. The van der Waals surface area contributed by atoms with E-state index in [-0.39, 0.29) is 5.91 Å². The molecule has 0 aliphatic carbocycles. The van der Waals surface area contributed by atoms with E-state index in [0.29, 0.717) is 0 Å². The predicted octanol–water partition coefficient (Wildman–Crippen LogP) is 0.185. The third-order valence-electron chi connectivity index (χ3n) is 3.05. The fourth-order valence-corrected chi connectivity index (χ4v) is 2.17. The van der Waals surface area contributed by atoms with Crippen LogP contribution in [0.3, 0.4) is 0 Å². The third kappa shape index (κ3) is 2.47. The van der Waals surface area contributed by atoms with Gasteiger partial charge in [0.15, 0.2) is 0 Å². The number of aliphatic imine (C=N–C) groups is 1. The van der Waals surface area contributed by atoms with E-state index >= 15 is 0 Å². The van der Waals surface area contributed by atoms with Crippen LogP contribution in [0.2, 0.25) is 0 Å². The quantitative estimate of drug-likeness (QED) is 0.669. The van der Waals surface area contributed by atoms with Gasteiger partial charge in [0.05, 0.1) is 12.5 Å². The third-order valence-corrected chi connectivity index (χ3v) is 3.05. The van der Waals surface area contributed by atoms with Gasteiger partial charge >= 0.3 is 0 Å². The lowest BCUT2D eigenvalue weighted by Crippen LogP contribution is -3.05. The molecule has 0 saturated heterocycles. The van der Waals surface area contributed by atoms with Crippen molar-refractivity contribution >= 4 is 23.0 Å². The summed E-state index contributed by atoms with van der Waals surface area (Å²) < 4.78 is 0. The zero-order valence-electron chi connectivity index (χ0n) is 11.0. The van der Waals surface area contributed by atoms with Gasteiger partial charge in [0.1, 0.15) is 0 Å². The van der Waals surface area contributed by atoms with E-state index in [2.05, 4.69) is 15.7 Å². The maximum atomic E-state index is 11.0. The van der Waals surface area contributed by atoms with Gasteiger partial charge in [-0.3, -0.25) is 4.79 Å². The Labute approximate surface area is 116 Å². The van der Waals surface area contributed by atoms with E-state index in [4.69, 9.17) is 5.73 Å². The maximum Gasteiger partial charge on any atom is 0.217 e. The van der Waals surface area contributed by atoms with Crippen LogP contribution >= 0.6 is 0 Å². The SMILES string of the molecule is CC(=O)NC1N=C2C=CC(c3cccc(N)c3)=C[NH+]2[N-]1. The van der Waals surface area contributed by atoms with Gasteiger partial charge in [-0.15, -0.1) is 0 Å². The molecule has 2 aliphatic rings. The molecule has 0 aromatic heterocycles. The van der Waals surface area contributed by atoms with Gasteiger partial charge in [-0.05, 0) is 23.8 Å². The first-order valence-corrected chi connectivity index (χ1v) is 6.30. The maximum absolute atomic E-state index is 11.0. The van der Waals surface area contributed by atoms with E-state index in [1.807, 2.05) is 42.6 Å². The standard InChI is InChI=1S/C14H15N5O/c1-9(20)16-14-17-13-6-5-11(8-19(13)18-14)10-3-2-4-12(15)7-10/h2-8,14,19H,15H2,1H3,(H,16,20). The minimum Gasteiger partial charge on any atom is -0.402 e. The van der Waals surface area contributed by atoms with Crippen LogP contribution in [-0.2, 0) is 4.79 Å². The molecule has 0 radical (unpaired) electrons. The summed E-state index contributed by atoms with van der Waals surface area (Å²) in [5.74, 6) is 0.641. The summed E-state index contributed by atoms with van der Waals surface area (Å²) in [6.45, 7) is 1.45. The van der Waals surface area contributed by atoms with Crippen molar-refractivity contribution in [3.05, 3.63) is 53.6 Å². The number of benzene rings is 1. The van der Waals surface area contributed by atoms with Crippen molar-refractivity contribution in [1.29, 1.82) is 0 Å². The van der Waals surface area contributed by atoms with Gasteiger partial charge in [-0.25, -0.2) is 4.99 Å². The van der Waals surface area contributed by atoms with E-state index in [9.17, 15) is 4.79 Å². The van der Waals surface area contributed by atoms with Crippen LogP contribution in [0, 0.1) is 0 Å². The summed E-state index contributed by atoms with van der Waals surface area (Å²) in [6.07, 6.45) is 5.32. The zero-order chi connectivity index (χ0) is 14.1. The minimum absolute atomic E-state index is 0.147. The molecular formula is C14H15N5O. The summed E-state index contributed by atoms with van der Waals surface area (Å²) in [5.41, 5.74) is 12.9. The number of allylic oxidation sites excluding steroid dienone is 2. The van der Waals surface area contributed by atoms with Crippen LogP contribution in [0.5, 0.6) is 0 Å². The Morgan fingerprint density at radius 1 is 1.45 bits per heavy atom. The molecule has 1 amide bonds. The summed E-state index contributed by atoms with van der Waals surface area (Å²) in [4.78, 5) is 15.4. The first-order valence-electron chi connectivity index (χ1n) is 6.30. The number of rotatable bonds is 2. The molecule has 0 spiro atoms. The van der Waals surface area contributed by atoms with Gasteiger partial charge in [-0.2, -0.15) is 0 Å². The predicted molar refractivity (Wildman–Crippen MR) is 77.3 cm³/mol. The first kappa shape index (κ1) is 12.6. The number of nitrogen functional groups attached to an aromatic ring is 1. The molecule has 1 aromatic rings. The summed E-state index contributed by atoms with van der Waals surface area (Å²) >= 11 is 0. The number of hydrogen-bond acceptors (Lipinski definition) is 3. The lowest BCUT2D eigenvalue weighted by molar-refractivity contribution is -0.696. The molecule has 20 heavy (non-hydrogen) atoms. The number of nitrogens with two attached hydrogens (primary N) is 1. The number of fused-ring (bicyclic) bond motifs is 1. The Morgan fingerprint density at radius 3 is 3.05 bits per heavy atom. The highest BCUT2D eigenvalue weighted by molar-refractivity contribution is 5.94. The molecule has 2 atom stereocenters. The number of carbonyl (C=O) groups excluding carboxylic acids is 1. The minimum atomic E-state index is -0.515. The first-order chi connectivity index (χ1) is 9.61. The van der Waals surface area contributed by atoms with Crippen molar-refractivity contribution in [3.63, 3.8) is 0 Å². The Bertz CT molecular complexity index is 647. The Balaban J connectivity index is 1.82. The van der Waals surface area contributed by atoms with E-state index in [1.54, 1.807) is 0 Å². The van der Waals surface area contributed by atoms with Crippen LogP contribution in [0.25, 0.3) is 11.0 Å². The van der Waals surface area contributed by atoms with Crippen molar-refractivity contribution in [2.75, 3.05) is 5.73 Å². The van der Waals surface area contributed by atoms with Crippen molar-refractivity contribution in [2.45, 2.75) is 13.2 Å². The lowest BCUT2D eigenvalue weighted by atomic mass is 10.0. The van der Waals surface area contributed by atoms with Gasteiger partial charge in [0, 0.05) is 24.3 Å². The fourth-order valence-electron chi connectivity index (χ4n) is 2.17. The molecule has 1 aromatic carbocycles. The molecular weight excluding hydrogens is 254 g/mol. The molecule has 2 heterocycles. The monoisotopic (exact) mass is 269 g/mol. The summed E-state index contributed by atoms with van der Waals surface area (Å²) in [7, 11) is 0. The largest absolute Gasteiger partial charge is 0.402 e. The highest BCUT2D eigenvalue weighted by Gasteiger charge is 2.21. The smallest absolute Gasteiger partial charge is 0.217 e. The Morgan fingerprint density at radius 2 is 2.30 bits per heavy atom. The van der Waals surface area contributed by atoms with Crippen molar-refractivity contribution in [3.8, 4) is 0 Å². The normalized spacial score (nSPS) is 23.9. The number of hydrogen-bond donors (Lipinski definition) is 3. The van der Waals surface area contributed by atoms with Crippen LogP contribution in [0.1, 0.15) is 12.5 Å². The van der Waals surface area contributed by atoms with Crippen LogP contribution in [0.4, 0.5) is 5.69 Å². The Kier molecular flexibility index (Phi) is 3.09. The van der Waals surface area contributed by atoms with Crippen molar-refractivity contribution in [2.24, 2.45) is 4.99 Å². The summed E-state index contributed by atoms with van der Waals surface area (Å²) in [5, 5.41) is 3.45. The van der Waals surface area contributed by atoms with Gasteiger partial charge in [0.25, 0.3) is 0 Å². The van der Waals surface area contributed by atoms with Crippen LogP contribution in [0.15, 0.2) is 47.6 Å². The average Bonchev–Trinajstić information content (AvgIpc) is 2.78. The fraction of sp³-hybridized carbons (Fsp3) is 0.143. The van der Waals surface area contributed by atoms with E-state index in [0.717, 1.165) is 27.7 Å². The second-order valence-corrected chi connectivity index (χ2v) is 4.66. The van der Waals surface area contributed by atoms with Gasteiger partial charge in [0.2, 0.25) is 11.7 Å². The molecule has 0 saturated carbocycles. The summed E-state index contributed by atoms with van der Waals surface area (Å²) in [6, 6.07) is 7.68. The number of carbonyl (C=O) groups is 1. The van der Waals surface area contributed by atoms with Crippen molar-refractivity contribution in [1.82, 2.24) is 5.32 Å². The lowest BCUT2D eigenvalue weighted by Gasteiger charge is -2.25. The average molecular weight is 269 g/mol. The topological polar surface area (TPSA) is 86.0 Å². The number of amidine groups is 1. The molecule has 102 valence electrons. The number of quaternary nitrogens is 1. The highest BCUT2D eigenvalue weighted by Crippen LogP contribution is 2.19. The Hall–Kier alpha value is -2.44. The van der Waals surface area contributed by atoms with E-state index in [1.165, 1.54) is 6.92 Å². The van der Waals surface area contributed by atoms with Gasteiger partial charge < -0.3 is 21.5 Å². The number of amides is 1. The zero-order valence-corrected chi connectivity index (χ0v) is 11.0. The molecule has 3 rings (SSSR count). The molecule has 2 unspecified atom stereocenters. The highest BCUT2D eigenvalue weighted by atomic mass is 16.1. The molecule has 6 heteroatoms. The van der Waals surface area contributed by atoms with Crippen molar-refractivity contribution < 1.29 is 9.80 Å². The van der Waals surface area contributed by atoms with Crippen LogP contribution in [-0.4, -0.2) is 18.0 Å². The molecule has 6 nitrogen and oxygen atoms in total. The van der Waals surface area contributed by atoms with Crippen LogP contribution < -0.4 is 16.1 Å². The molecule has 4 N–H and O–H groups in total. The second kappa shape index (κ2) is 4.92.